The van der Waals surface area contributed by atoms with Crippen LogP contribution in [0.1, 0.15) is 47.5 Å². The summed E-state index contributed by atoms with van der Waals surface area (Å²) in [7, 11) is 0. The van der Waals surface area contributed by atoms with Crippen molar-refractivity contribution in [2.24, 2.45) is 28.4 Å². The third kappa shape index (κ3) is 2.68. The topological polar surface area (TPSA) is 55.1 Å². The molecule has 0 aromatic carbocycles. The lowest BCUT2D eigenvalue weighted by molar-refractivity contribution is -0.123. The van der Waals surface area contributed by atoms with E-state index in [1.54, 1.807) is 0 Å². The van der Waals surface area contributed by atoms with E-state index in [9.17, 15) is 4.79 Å². The molecule has 4 heteroatoms. The number of rotatable bonds is 6. The number of thiocarbonyl (C=S) groups is 1. The van der Waals surface area contributed by atoms with E-state index in [4.69, 9.17) is 18.0 Å². The molecule has 0 aromatic heterocycles. The second-order valence-electron chi connectivity index (χ2n) is 6.48. The Morgan fingerprint density at radius 1 is 1.33 bits per heavy atom. The number of nitrogens with one attached hydrogen (secondary N) is 1. The minimum atomic E-state index is -0.310. The van der Waals surface area contributed by atoms with Gasteiger partial charge in [0.2, 0.25) is 5.91 Å². The lowest BCUT2D eigenvalue weighted by Crippen LogP contribution is -2.39. The molecule has 0 radical (unpaired) electrons. The Bertz CT molecular complexity index is 336. The molecule has 1 fully saturated rings. The third-order valence-corrected chi connectivity index (χ3v) is 5.32. The fraction of sp³-hybridized carbons (Fsp3) is 0.857. The van der Waals surface area contributed by atoms with Gasteiger partial charge in [-0.3, -0.25) is 4.79 Å². The summed E-state index contributed by atoms with van der Waals surface area (Å²) in [5.74, 6) is 0.209. The normalized spacial score (nSPS) is 22.3. The molecule has 1 aliphatic carbocycles. The van der Waals surface area contributed by atoms with E-state index in [2.05, 4.69) is 33.0 Å². The first-order valence-electron chi connectivity index (χ1n) is 6.73. The highest BCUT2D eigenvalue weighted by Crippen LogP contribution is 2.67. The molecule has 104 valence electrons. The van der Waals surface area contributed by atoms with E-state index in [0.717, 1.165) is 19.4 Å². The van der Waals surface area contributed by atoms with Crippen molar-refractivity contribution in [3.63, 3.8) is 0 Å². The lowest BCUT2D eigenvalue weighted by Gasteiger charge is -2.15. The fourth-order valence-corrected chi connectivity index (χ4v) is 3.09. The molecule has 1 rings (SSSR count). The second-order valence-corrected chi connectivity index (χ2v) is 6.96. The van der Waals surface area contributed by atoms with Gasteiger partial charge in [-0.05, 0) is 23.2 Å². The van der Waals surface area contributed by atoms with Crippen molar-refractivity contribution in [2.45, 2.75) is 47.5 Å². The van der Waals surface area contributed by atoms with Crippen molar-refractivity contribution >= 4 is 23.1 Å². The maximum absolute atomic E-state index is 12.1. The quantitative estimate of drug-likeness (QED) is 0.729. The van der Waals surface area contributed by atoms with Gasteiger partial charge in [0.1, 0.15) is 0 Å². The third-order valence-electron chi connectivity index (χ3n) is 5.04. The van der Waals surface area contributed by atoms with E-state index in [1.165, 1.54) is 0 Å². The Morgan fingerprint density at radius 2 is 1.83 bits per heavy atom. The summed E-state index contributed by atoms with van der Waals surface area (Å²) in [6.07, 6.45) is 1.65. The van der Waals surface area contributed by atoms with Crippen molar-refractivity contribution in [3.8, 4) is 0 Å². The maximum atomic E-state index is 12.1. The smallest absolute Gasteiger partial charge is 0.229 e. The molecular formula is C14H26N2OS. The lowest BCUT2D eigenvalue weighted by atomic mass is 10.0. The van der Waals surface area contributed by atoms with Gasteiger partial charge in [-0.15, -0.1) is 0 Å². The maximum Gasteiger partial charge on any atom is 0.229 e. The molecule has 3 nitrogen and oxygen atoms in total. The van der Waals surface area contributed by atoms with Gasteiger partial charge in [-0.25, -0.2) is 0 Å². The highest BCUT2D eigenvalue weighted by atomic mass is 32.1. The van der Waals surface area contributed by atoms with E-state index >= 15 is 0 Å². The molecular weight excluding hydrogens is 244 g/mol. The van der Waals surface area contributed by atoms with Crippen molar-refractivity contribution in [1.29, 1.82) is 0 Å². The summed E-state index contributed by atoms with van der Waals surface area (Å²) in [6.45, 7) is 11.8. The van der Waals surface area contributed by atoms with Crippen molar-refractivity contribution in [3.05, 3.63) is 0 Å². The molecule has 3 N–H and O–H groups in total. The standard InChI is InChI=1S/C14H26N2OS/c1-6-7-9(11(15)18)12(17)16-8-10-13(2,3)14(10,4)5/h9-10H,6-8H2,1-5H3,(H2,15,18)(H,16,17). The molecule has 1 atom stereocenters. The van der Waals surface area contributed by atoms with Crippen molar-refractivity contribution in [1.82, 2.24) is 5.32 Å². The molecule has 1 amide bonds. The number of carbonyl (C=O) groups excluding carboxylic acids is 1. The molecule has 0 spiro atoms. The van der Waals surface area contributed by atoms with Gasteiger partial charge in [0, 0.05) is 6.54 Å². The first kappa shape index (κ1) is 15.4. The van der Waals surface area contributed by atoms with Crippen LogP contribution >= 0.6 is 12.2 Å². The Balaban J connectivity index is 2.49. The predicted octanol–water partition coefficient (Wildman–Crippen LogP) is 2.49. The van der Waals surface area contributed by atoms with E-state index < -0.39 is 0 Å². The number of carbonyl (C=O) groups is 1. The molecule has 1 unspecified atom stereocenters. The Kier molecular flexibility index (Phi) is 4.42. The van der Waals surface area contributed by atoms with Crippen LogP contribution in [0.25, 0.3) is 0 Å². The van der Waals surface area contributed by atoms with Gasteiger partial charge < -0.3 is 11.1 Å². The molecule has 0 bridgehead atoms. The van der Waals surface area contributed by atoms with Crippen LogP contribution in [0.2, 0.25) is 0 Å². The summed E-state index contributed by atoms with van der Waals surface area (Å²) in [5, 5.41) is 3.02. The zero-order valence-electron chi connectivity index (χ0n) is 12.2. The molecule has 0 heterocycles. The van der Waals surface area contributed by atoms with Gasteiger partial charge >= 0.3 is 0 Å². The number of nitrogens with two attached hydrogens (primary N) is 1. The van der Waals surface area contributed by atoms with Crippen LogP contribution < -0.4 is 11.1 Å². The van der Waals surface area contributed by atoms with Crippen LogP contribution in [0.15, 0.2) is 0 Å². The van der Waals surface area contributed by atoms with Crippen molar-refractivity contribution < 1.29 is 4.79 Å². The Morgan fingerprint density at radius 3 is 2.17 bits per heavy atom. The van der Waals surface area contributed by atoms with Crippen LogP contribution in [0.4, 0.5) is 0 Å². The summed E-state index contributed by atoms with van der Waals surface area (Å²) in [5.41, 5.74) is 6.21. The average molecular weight is 270 g/mol. The summed E-state index contributed by atoms with van der Waals surface area (Å²) in [4.78, 5) is 12.4. The minimum absolute atomic E-state index is 0.0112. The summed E-state index contributed by atoms with van der Waals surface area (Å²) < 4.78 is 0. The fourth-order valence-electron chi connectivity index (χ4n) is 2.86. The zero-order chi connectivity index (χ0) is 14.1. The van der Waals surface area contributed by atoms with Gasteiger partial charge in [0.05, 0.1) is 10.9 Å². The largest absolute Gasteiger partial charge is 0.393 e. The average Bonchev–Trinajstić information content (AvgIpc) is 2.62. The molecule has 0 aliphatic heterocycles. The van der Waals surface area contributed by atoms with Crippen molar-refractivity contribution in [2.75, 3.05) is 6.54 Å². The van der Waals surface area contributed by atoms with Crippen LogP contribution in [0, 0.1) is 22.7 Å². The van der Waals surface area contributed by atoms with Crippen LogP contribution in [0.5, 0.6) is 0 Å². The molecule has 0 saturated heterocycles. The Labute approximate surface area is 116 Å². The molecule has 1 aliphatic rings. The summed E-state index contributed by atoms with van der Waals surface area (Å²) >= 11 is 4.96. The monoisotopic (exact) mass is 270 g/mol. The first-order valence-corrected chi connectivity index (χ1v) is 7.14. The van der Waals surface area contributed by atoms with Gasteiger partial charge in [0.25, 0.3) is 0 Å². The second kappa shape index (κ2) is 5.16. The first-order chi connectivity index (χ1) is 8.16. The zero-order valence-corrected chi connectivity index (χ0v) is 13.0. The molecule has 0 aromatic rings. The highest BCUT2D eigenvalue weighted by molar-refractivity contribution is 7.80. The number of hydrogen-bond acceptors (Lipinski definition) is 2. The van der Waals surface area contributed by atoms with Crippen LogP contribution in [-0.4, -0.2) is 17.4 Å². The van der Waals surface area contributed by atoms with Gasteiger partial charge in [-0.2, -0.15) is 0 Å². The highest BCUT2D eigenvalue weighted by Gasteiger charge is 2.64. The minimum Gasteiger partial charge on any atom is -0.393 e. The number of hydrogen-bond donors (Lipinski definition) is 2. The Hall–Kier alpha value is -0.640. The van der Waals surface area contributed by atoms with E-state index in [0.29, 0.717) is 21.7 Å². The van der Waals surface area contributed by atoms with Gasteiger partial charge in [0.15, 0.2) is 0 Å². The predicted molar refractivity (Wildman–Crippen MR) is 79.2 cm³/mol. The van der Waals surface area contributed by atoms with Crippen LogP contribution in [-0.2, 0) is 4.79 Å². The SMILES string of the molecule is CCCC(C(=O)NCC1C(C)(C)C1(C)C)C(N)=S. The number of amides is 1. The van der Waals surface area contributed by atoms with Gasteiger partial charge in [-0.1, -0.05) is 53.3 Å². The van der Waals surface area contributed by atoms with Crippen LogP contribution in [0.3, 0.4) is 0 Å². The van der Waals surface area contributed by atoms with E-state index in [1.807, 2.05) is 6.92 Å². The summed E-state index contributed by atoms with van der Waals surface area (Å²) in [6, 6.07) is 0. The van der Waals surface area contributed by atoms with E-state index in [-0.39, 0.29) is 11.8 Å². The molecule has 1 saturated carbocycles. The molecule has 18 heavy (non-hydrogen) atoms.